The van der Waals surface area contributed by atoms with Crippen LogP contribution in [0.1, 0.15) is 44.6 Å². The van der Waals surface area contributed by atoms with E-state index < -0.39 is 0 Å². The molecular weight excluding hydrogens is 338 g/mol. The summed E-state index contributed by atoms with van der Waals surface area (Å²) in [5.41, 5.74) is 1.34. The van der Waals surface area contributed by atoms with Gasteiger partial charge in [0.25, 0.3) is 0 Å². The van der Waals surface area contributed by atoms with Crippen LogP contribution in [0.4, 0.5) is 0 Å². The van der Waals surface area contributed by atoms with Gasteiger partial charge in [-0.25, -0.2) is 0 Å². The Morgan fingerprint density at radius 2 is 2.00 bits per heavy atom. The molecule has 5 heteroatoms. The van der Waals surface area contributed by atoms with Crippen LogP contribution in [0.2, 0.25) is 0 Å². The smallest absolute Gasteiger partial charge is 0.193 e. The van der Waals surface area contributed by atoms with Crippen LogP contribution in [0, 0.1) is 0 Å². The second-order valence-corrected chi connectivity index (χ2v) is 7.48. The third kappa shape index (κ3) is 6.82. The van der Waals surface area contributed by atoms with Gasteiger partial charge in [0, 0.05) is 32.8 Å². The first-order valence-corrected chi connectivity index (χ1v) is 10.7. The van der Waals surface area contributed by atoms with Crippen molar-refractivity contribution in [3.8, 4) is 0 Å². The number of likely N-dealkylation sites (tertiary alicyclic amines) is 1. The summed E-state index contributed by atoms with van der Waals surface area (Å²) in [6.07, 6.45) is 7.41. The van der Waals surface area contributed by atoms with Gasteiger partial charge in [0.15, 0.2) is 5.96 Å². The summed E-state index contributed by atoms with van der Waals surface area (Å²) < 4.78 is 11.9. The van der Waals surface area contributed by atoms with Crippen molar-refractivity contribution < 1.29 is 9.47 Å². The van der Waals surface area contributed by atoms with Crippen LogP contribution in [-0.2, 0) is 15.9 Å². The van der Waals surface area contributed by atoms with Crippen LogP contribution in [0.3, 0.4) is 0 Å². The molecule has 0 aromatic heterocycles. The average molecular weight is 374 g/mol. The van der Waals surface area contributed by atoms with E-state index in [1.165, 1.54) is 18.4 Å². The largest absolute Gasteiger partial charge is 0.376 e. The Labute approximate surface area is 164 Å². The van der Waals surface area contributed by atoms with Crippen LogP contribution in [0.15, 0.2) is 35.3 Å². The van der Waals surface area contributed by atoms with Crippen LogP contribution in [0.25, 0.3) is 0 Å². The number of nitrogens with one attached hydrogen (secondary N) is 1. The summed E-state index contributed by atoms with van der Waals surface area (Å²) in [4.78, 5) is 7.23. The lowest BCUT2D eigenvalue weighted by Gasteiger charge is -2.35. The molecule has 0 spiro atoms. The topological polar surface area (TPSA) is 46.1 Å². The summed E-state index contributed by atoms with van der Waals surface area (Å²) in [6.45, 7) is 7.53. The van der Waals surface area contributed by atoms with Crippen LogP contribution in [-0.4, -0.2) is 62.5 Å². The molecule has 1 N–H and O–H groups in total. The second-order valence-electron chi connectivity index (χ2n) is 7.48. The number of piperidine rings is 1. The third-order valence-corrected chi connectivity index (χ3v) is 5.37. The number of ether oxygens (including phenoxy) is 2. The molecule has 150 valence electrons. The summed E-state index contributed by atoms with van der Waals surface area (Å²) in [5, 5.41) is 3.45. The molecule has 2 fully saturated rings. The van der Waals surface area contributed by atoms with Gasteiger partial charge >= 0.3 is 0 Å². The number of guanidine groups is 1. The van der Waals surface area contributed by atoms with E-state index in [2.05, 4.69) is 47.5 Å². The predicted octanol–water partition coefficient (Wildman–Crippen LogP) is 3.24. The first kappa shape index (κ1) is 20.2. The molecule has 1 aromatic carbocycles. The van der Waals surface area contributed by atoms with Crippen molar-refractivity contribution >= 4 is 5.96 Å². The maximum absolute atomic E-state index is 6.14. The van der Waals surface area contributed by atoms with E-state index in [0.717, 1.165) is 71.0 Å². The fourth-order valence-corrected chi connectivity index (χ4v) is 3.78. The number of hydrogen-bond acceptors (Lipinski definition) is 3. The lowest BCUT2D eigenvalue weighted by atomic mass is 10.1. The van der Waals surface area contributed by atoms with Gasteiger partial charge in [-0.1, -0.05) is 30.3 Å². The Bertz CT molecular complexity index is 550. The molecule has 3 rings (SSSR count). The molecule has 0 aliphatic carbocycles. The fourth-order valence-electron chi connectivity index (χ4n) is 3.78. The van der Waals surface area contributed by atoms with E-state index in [1.807, 2.05) is 0 Å². The van der Waals surface area contributed by atoms with Crippen molar-refractivity contribution in [3.63, 3.8) is 0 Å². The van der Waals surface area contributed by atoms with Gasteiger partial charge in [0.1, 0.15) is 0 Å². The summed E-state index contributed by atoms with van der Waals surface area (Å²) >= 11 is 0. The van der Waals surface area contributed by atoms with Crippen molar-refractivity contribution in [1.82, 2.24) is 10.2 Å². The zero-order valence-corrected chi connectivity index (χ0v) is 16.7. The first-order valence-electron chi connectivity index (χ1n) is 10.7. The SMILES string of the molecule is CCNC(=NCCc1ccccc1)N1CCC(OCC2CCCCO2)CC1. The number of rotatable bonds is 7. The normalized spacial score (nSPS) is 22.0. The van der Waals surface area contributed by atoms with E-state index in [4.69, 9.17) is 14.5 Å². The van der Waals surface area contributed by atoms with Gasteiger partial charge in [-0.2, -0.15) is 0 Å². The number of benzene rings is 1. The molecule has 5 nitrogen and oxygen atoms in total. The molecule has 2 aliphatic heterocycles. The Kier molecular flexibility index (Phi) is 8.43. The van der Waals surface area contributed by atoms with E-state index in [-0.39, 0.29) is 0 Å². The Morgan fingerprint density at radius 3 is 2.70 bits per heavy atom. The molecule has 27 heavy (non-hydrogen) atoms. The molecule has 1 aromatic rings. The van der Waals surface area contributed by atoms with E-state index in [1.54, 1.807) is 0 Å². The molecule has 2 heterocycles. The molecule has 1 unspecified atom stereocenters. The first-order chi connectivity index (χ1) is 13.3. The predicted molar refractivity (Wildman–Crippen MR) is 110 cm³/mol. The van der Waals surface area contributed by atoms with Crippen LogP contribution in [0.5, 0.6) is 0 Å². The lowest BCUT2D eigenvalue weighted by molar-refractivity contribution is -0.0721. The molecule has 0 bridgehead atoms. The number of hydrogen-bond donors (Lipinski definition) is 1. The molecule has 2 aliphatic rings. The molecular formula is C22H35N3O2. The second kappa shape index (κ2) is 11.3. The minimum Gasteiger partial charge on any atom is -0.376 e. The molecule has 0 radical (unpaired) electrons. The maximum atomic E-state index is 6.14. The van der Waals surface area contributed by atoms with Crippen LogP contribution < -0.4 is 5.32 Å². The number of nitrogens with zero attached hydrogens (tertiary/aromatic N) is 2. The Balaban J connectivity index is 1.41. The zero-order chi connectivity index (χ0) is 18.7. The lowest BCUT2D eigenvalue weighted by Crippen LogP contribution is -2.47. The van der Waals surface area contributed by atoms with Gasteiger partial charge in [-0.05, 0) is 51.0 Å². The van der Waals surface area contributed by atoms with E-state index >= 15 is 0 Å². The summed E-state index contributed by atoms with van der Waals surface area (Å²) in [7, 11) is 0. The van der Waals surface area contributed by atoms with Gasteiger partial charge in [-0.3, -0.25) is 4.99 Å². The molecule has 1 atom stereocenters. The monoisotopic (exact) mass is 373 g/mol. The van der Waals surface area contributed by atoms with Crippen LogP contribution >= 0.6 is 0 Å². The van der Waals surface area contributed by atoms with E-state index in [0.29, 0.717) is 12.2 Å². The Hall–Kier alpha value is -1.59. The van der Waals surface area contributed by atoms with Gasteiger partial charge in [0.2, 0.25) is 0 Å². The highest BCUT2D eigenvalue weighted by Crippen LogP contribution is 2.18. The zero-order valence-electron chi connectivity index (χ0n) is 16.7. The van der Waals surface area contributed by atoms with Crippen molar-refractivity contribution in [3.05, 3.63) is 35.9 Å². The van der Waals surface area contributed by atoms with Gasteiger partial charge in [0.05, 0.1) is 18.8 Å². The number of aliphatic imine (C=N–C) groups is 1. The maximum Gasteiger partial charge on any atom is 0.193 e. The highest BCUT2D eigenvalue weighted by molar-refractivity contribution is 5.80. The van der Waals surface area contributed by atoms with Crippen molar-refractivity contribution in [2.45, 2.75) is 57.7 Å². The Morgan fingerprint density at radius 1 is 1.19 bits per heavy atom. The minimum atomic E-state index is 0.314. The highest BCUT2D eigenvalue weighted by atomic mass is 16.5. The molecule has 0 amide bonds. The van der Waals surface area contributed by atoms with Gasteiger partial charge < -0.3 is 19.7 Å². The average Bonchev–Trinajstić information content (AvgIpc) is 2.74. The standard InChI is InChI=1S/C22H35N3O2/c1-2-23-22(24-14-11-19-8-4-3-5-9-19)25-15-12-20(13-16-25)27-18-21-10-6-7-17-26-21/h3-5,8-9,20-21H,2,6-7,10-18H2,1H3,(H,23,24). The van der Waals surface area contributed by atoms with E-state index in [9.17, 15) is 0 Å². The fraction of sp³-hybridized carbons (Fsp3) is 0.682. The van der Waals surface area contributed by atoms with Gasteiger partial charge in [-0.15, -0.1) is 0 Å². The quantitative estimate of drug-likeness (QED) is 0.589. The minimum absolute atomic E-state index is 0.314. The summed E-state index contributed by atoms with van der Waals surface area (Å²) in [6, 6.07) is 10.6. The molecule has 2 saturated heterocycles. The summed E-state index contributed by atoms with van der Waals surface area (Å²) in [5.74, 6) is 1.04. The van der Waals surface area contributed by atoms with Crippen molar-refractivity contribution in [1.29, 1.82) is 0 Å². The highest BCUT2D eigenvalue weighted by Gasteiger charge is 2.23. The van der Waals surface area contributed by atoms with Crippen molar-refractivity contribution in [2.24, 2.45) is 4.99 Å². The third-order valence-electron chi connectivity index (χ3n) is 5.37. The molecule has 0 saturated carbocycles. The van der Waals surface area contributed by atoms with Crippen molar-refractivity contribution in [2.75, 3.05) is 39.4 Å².